The summed E-state index contributed by atoms with van der Waals surface area (Å²) in [4.78, 5) is 25.4. The molecule has 3 aromatic rings. The summed E-state index contributed by atoms with van der Waals surface area (Å²) >= 11 is 3.35. The van der Waals surface area contributed by atoms with Crippen molar-refractivity contribution >= 4 is 38.4 Å². The van der Waals surface area contributed by atoms with Crippen LogP contribution in [-0.2, 0) is 0 Å². The van der Waals surface area contributed by atoms with Gasteiger partial charge in [0, 0.05) is 15.7 Å². The number of benzene rings is 2. The number of pyridine rings is 1. The molecule has 0 amide bonds. The zero-order chi connectivity index (χ0) is 15.9. The van der Waals surface area contributed by atoms with E-state index >= 15 is 0 Å². The van der Waals surface area contributed by atoms with Crippen molar-refractivity contribution in [1.29, 1.82) is 0 Å². The van der Waals surface area contributed by atoms with Crippen LogP contribution in [0.25, 0.3) is 10.9 Å². The Morgan fingerprint density at radius 3 is 2.59 bits per heavy atom. The highest BCUT2D eigenvalue weighted by molar-refractivity contribution is 9.10. The molecular formula is C17H13BrN2O2. The maximum atomic E-state index is 12.9. The molecule has 2 aromatic carbocycles. The molecule has 1 heterocycles. The zero-order valence-corrected chi connectivity index (χ0v) is 13.4. The van der Waals surface area contributed by atoms with E-state index in [9.17, 15) is 9.59 Å². The van der Waals surface area contributed by atoms with E-state index in [4.69, 9.17) is 5.73 Å². The van der Waals surface area contributed by atoms with Crippen LogP contribution in [0.2, 0.25) is 0 Å². The molecule has 2 N–H and O–H groups in total. The lowest BCUT2D eigenvalue weighted by atomic mass is 10.1. The van der Waals surface area contributed by atoms with Gasteiger partial charge in [0.15, 0.2) is 0 Å². The predicted octanol–water partition coefficient (Wildman–Crippen LogP) is 3.34. The van der Waals surface area contributed by atoms with Gasteiger partial charge in [-0.3, -0.25) is 9.59 Å². The summed E-state index contributed by atoms with van der Waals surface area (Å²) in [5, 5.41) is 0.798. The monoisotopic (exact) mass is 356 g/mol. The summed E-state index contributed by atoms with van der Waals surface area (Å²) in [5.41, 5.74) is 7.44. The van der Waals surface area contributed by atoms with E-state index in [2.05, 4.69) is 15.9 Å². The zero-order valence-electron chi connectivity index (χ0n) is 11.8. The minimum atomic E-state index is -0.378. The van der Waals surface area contributed by atoms with E-state index in [1.165, 1.54) is 4.57 Å². The molecule has 0 aliphatic rings. The number of nitrogen functional groups attached to an aromatic ring is 1. The fraction of sp³-hybridized carbons (Fsp3) is 0.0588. The van der Waals surface area contributed by atoms with E-state index in [1.807, 2.05) is 6.07 Å². The highest BCUT2D eigenvalue weighted by Crippen LogP contribution is 2.21. The van der Waals surface area contributed by atoms with Crippen molar-refractivity contribution in [2.24, 2.45) is 0 Å². The van der Waals surface area contributed by atoms with Crippen LogP contribution in [-0.4, -0.2) is 10.5 Å². The van der Waals surface area contributed by atoms with E-state index in [0.29, 0.717) is 26.8 Å². The van der Waals surface area contributed by atoms with Gasteiger partial charge in [-0.1, -0.05) is 18.2 Å². The number of hydrogen-bond donors (Lipinski definition) is 1. The molecular weight excluding hydrogens is 344 g/mol. The molecule has 110 valence electrons. The largest absolute Gasteiger partial charge is 0.399 e. The number of carbonyl (C=O) groups excluding carboxylic acids is 1. The van der Waals surface area contributed by atoms with Gasteiger partial charge in [-0.25, -0.2) is 4.57 Å². The first-order valence-electron chi connectivity index (χ1n) is 6.70. The van der Waals surface area contributed by atoms with Crippen LogP contribution < -0.4 is 11.3 Å². The first-order valence-corrected chi connectivity index (χ1v) is 7.49. The van der Waals surface area contributed by atoms with Crippen molar-refractivity contribution in [3.05, 3.63) is 74.5 Å². The van der Waals surface area contributed by atoms with Gasteiger partial charge >= 0.3 is 0 Å². The molecule has 0 aliphatic carbocycles. The van der Waals surface area contributed by atoms with Crippen LogP contribution in [0.15, 0.2) is 57.8 Å². The molecule has 0 saturated heterocycles. The van der Waals surface area contributed by atoms with Crippen LogP contribution >= 0.6 is 15.9 Å². The van der Waals surface area contributed by atoms with E-state index in [0.717, 1.165) is 5.39 Å². The average molecular weight is 357 g/mol. The average Bonchev–Trinajstić information content (AvgIpc) is 2.49. The highest BCUT2D eigenvalue weighted by atomic mass is 79.9. The second-order valence-electron chi connectivity index (χ2n) is 5.07. The Balaban J connectivity index is 2.37. The van der Waals surface area contributed by atoms with Crippen molar-refractivity contribution in [1.82, 2.24) is 4.57 Å². The molecule has 5 heteroatoms. The molecule has 0 bridgehead atoms. The predicted molar refractivity (Wildman–Crippen MR) is 91.2 cm³/mol. The SMILES string of the molecule is Cc1cc2ccc(N)cc2n(C(=O)c2ccccc2Br)c1=O. The summed E-state index contributed by atoms with van der Waals surface area (Å²) in [6.07, 6.45) is 0. The number of nitrogens with two attached hydrogens (primary N) is 1. The van der Waals surface area contributed by atoms with Crippen molar-refractivity contribution < 1.29 is 4.79 Å². The summed E-state index contributed by atoms with van der Waals surface area (Å²) < 4.78 is 1.83. The normalized spacial score (nSPS) is 10.8. The van der Waals surface area contributed by atoms with Crippen LogP contribution in [0.5, 0.6) is 0 Å². The van der Waals surface area contributed by atoms with Crippen molar-refractivity contribution in [2.45, 2.75) is 6.92 Å². The number of halogens is 1. The molecule has 3 rings (SSSR count). The van der Waals surface area contributed by atoms with Gasteiger partial charge in [0.05, 0.1) is 11.1 Å². The lowest BCUT2D eigenvalue weighted by Gasteiger charge is -2.12. The Morgan fingerprint density at radius 1 is 1.14 bits per heavy atom. The molecule has 0 unspecified atom stereocenters. The van der Waals surface area contributed by atoms with Gasteiger partial charge in [0.25, 0.3) is 11.5 Å². The van der Waals surface area contributed by atoms with Gasteiger partial charge in [-0.05, 0) is 58.6 Å². The van der Waals surface area contributed by atoms with Crippen LogP contribution in [0.3, 0.4) is 0 Å². The first kappa shape index (κ1) is 14.5. The maximum Gasteiger partial charge on any atom is 0.266 e. The molecule has 0 atom stereocenters. The summed E-state index contributed by atoms with van der Waals surface area (Å²) in [6.45, 7) is 1.70. The van der Waals surface area contributed by atoms with Gasteiger partial charge in [-0.2, -0.15) is 0 Å². The van der Waals surface area contributed by atoms with Gasteiger partial charge in [0.2, 0.25) is 0 Å². The molecule has 0 radical (unpaired) electrons. The van der Waals surface area contributed by atoms with Crippen molar-refractivity contribution in [3.63, 3.8) is 0 Å². The maximum absolute atomic E-state index is 12.9. The smallest absolute Gasteiger partial charge is 0.266 e. The van der Waals surface area contributed by atoms with Crippen molar-refractivity contribution in [2.75, 3.05) is 5.73 Å². The molecule has 0 saturated carbocycles. The Hall–Kier alpha value is -2.40. The number of rotatable bonds is 1. The third-order valence-corrected chi connectivity index (χ3v) is 4.21. The number of carbonyl (C=O) groups is 1. The lowest BCUT2D eigenvalue weighted by Crippen LogP contribution is -2.29. The topological polar surface area (TPSA) is 65.1 Å². The van der Waals surface area contributed by atoms with Gasteiger partial charge in [-0.15, -0.1) is 0 Å². The lowest BCUT2D eigenvalue weighted by molar-refractivity contribution is 0.0960. The Morgan fingerprint density at radius 2 is 1.86 bits per heavy atom. The molecule has 4 nitrogen and oxygen atoms in total. The third-order valence-electron chi connectivity index (χ3n) is 3.52. The van der Waals surface area contributed by atoms with E-state index in [1.54, 1.807) is 49.4 Å². The number of nitrogens with zero attached hydrogens (tertiary/aromatic N) is 1. The van der Waals surface area contributed by atoms with Crippen LogP contribution in [0, 0.1) is 6.92 Å². The second kappa shape index (κ2) is 5.42. The second-order valence-corrected chi connectivity index (χ2v) is 5.93. The van der Waals surface area contributed by atoms with Gasteiger partial charge < -0.3 is 5.73 Å². The molecule has 22 heavy (non-hydrogen) atoms. The van der Waals surface area contributed by atoms with Crippen molar-refractivity contribution in [3.8, 4) is 0 Å². The molecule has 0 fully saturated rings. The Kier molecular flexibility index (Phi) is 3.58. The molecule has 0 spiro atoms. The Bertz CT molecular complexity index is 961. The minimum Gasteiger partial charge on any atom is -0.399 e. The third kappa shape index (κ3) is 2.33. The minimum absolute atomic E-state index is 0.334. The van der Waals surface area contributed by atoms with Gasteiger partial charge in [0.1, 0.15) is 0 Å². The number of hydrogen-bond acceptors (Lipinski definition) is 3. The summed E-state index contributed by atoms with van der Waals surface area (Å²) in [6, 6.07) is 14.0. The fourth-order valence-electron chi connectivity index (χ4n) is 2.41. The summed E-state index contributed by atoms with van der Waals surface area (Å²) in [7, 11) is 0. The highest BCUT2D eigenvalue weighted by Gasteiger charge is 2.17. The van der Waals surface area contributed by atoms with E-state index in [-0.39, 0.29) is 11.5 Å². The Labute approximate surface area is 135 Å². The standard InChI is InChI=1S/C17H13BrN2O2/c1-10-8-11-6-7-12(19)9-15(11)20(16(10)21)17(22)13-4-2-3-5-14(13)18/h2-9H,19H2,1H3. The number of fused-ring (bicyclic) bond motifs is 1. The first-order chi connectivity index (χ1) is 10.5. The van der Waals surface area contributed by atoms with E-state index < -0.39 is 0 Å². The quantitative estimate of drug-likeness (QED) is 0.680. The summed E-state index contributed by atoms with van der Waals surface area (Å²) in [5.74, 6) is -0.378. The number of aryl methyl sites for hydroxylation is 1. The van der Waals surface area contributed by atoms with Crippen LogP contribution in [0.4, 0.5) is 5.69 Å². The number of aromatic nitrogens is 1. The molecule has 0 aliphatic heterocycles. The fourth-order valence-corrected chi connectivity index (χ4v) is 2.87. The molecule has 1 aromatic heterocycles. The van der Waals surface area contributed by atoms with Crippen LogP contribution in [0.1, 0.15) is 15.9 Å². The number of anilines is 1.